The van der Waals surface area contributed by atoms with Crippen LogP contribution in [0.4, 0.5) is 0 Å². The van der Waals surface area contributed by atoms with Gasteiger partial charge in [-0.05, 0) is 19.4 Å². The minimum atomic E-state index is -0.268. The van der Waals surface area contributed by atoms with Gasteiger partial charge in [-0.1, -0.05) is 29.8 Å². The third kappa shape index (κ3) is 5.84. The van der Waals surface area contributed by atoms with Crippen molar-refractivity contribution < 1.29 is 9.59 Å². The maximum atomic E-state index is 12.5. The molecular weight excluding hydrogens is 314 g/mol. The molecule has 6 heteroatoms. The molecule has 1 aromatic carbocycles. The molecule has 0 spiro atoms. The van der Waals surface area contributed by atoms with Crippen LogP contribution in [0.5, 0.6) is 0 Å². The number of hydrogen-bond donors (Lipinski definition) is 2. The number of piperazine rings is 1. The molecule has 0 saturated carbocycles. The summed E-state index contributed by atoms with van der Waals surface area (Å²) in [6, 6.07) is 8.00. The lowest BCUT2D eigenvalue weighted by Gasteiger charge is -2.33. The molecule has 2 rings (SSSR count). The Morgan fingerprint density at radius 1 is 1.35 bits per heavy atom. The van der Waals surface area contributed by atoms with Crippen molar-refractivity contribution in [2.75, 3.05) is 19.6 Å². The molecule has 1 aliphatic heterocycles. The van der Waals surface area contributed by atoms with Gasteiger partial charge in [0.2, 0.25) is 11.8 Å². The van der Waals surface area contributed by atoms with Crippen molar-refractivity contribution in [1.29, 1.82) is 0 Å². The van der Waals surface area contributed by atoms with Crippen molar-refractivity contribution in [3.8, 4) is 0 Å². The number of amides is 2. The van der Waals surface area contributed by atoms with Gasteiger partial charge in [0.05, 0.1) is 12.5 Å². The third-order valence-corrected chi connectivity index (χ3v) is 3.96. The third-order valence-electron chi connectivity index (χ3n) is 3.96. The maximum Gasteiger partial charge on any atom is 0.225 e. The lowest BCUT2D eigenvalue weighted by Crippen LogP contribution is -2.51. The van der Waals surface area contributed by atoms with E-state index in [1.807, 2.05) is 36.1 Å². The van der Waals surface area contributed by atoms with E-state index in [9.17, 15) is 9.59 Å². The predicted octanol–water partition coefficient (Wildman–Crippen LogP) is 1.80. The highest BCUT2D eigenvalue weighted by Crippen LogP contribution is 2.19. The molecular formula is C17H26ClN3O2. The first kappa shape index (κ1) is 19.5. The summed E-state index contributed by atoms with van der Waals surface area (Å²) in [6.07, 6.45) is 0.301. The zero-order chi connectivity index (χ0) is 16.1. The summed E-state index contributed by atoms with van der Waals surface area (Å²) in [5, 5.41) is 6.22. The van der Waals surface area contributed by atoms with Gasteiger partial charge in [0.25, 0.3) is 0 Å². The van der Waals surface area contributed by atoms with E-state index in [0.717, 1.165) is 30.8 Å². The summed E-state index contributed by atoms with van der Waals surface area (Å²) < 4.78 is 0. The largest absolute Gasteiger partial charge is 0.349 e. The van der Waals surface area contributed by atoms with Crippen LogP contribution in [0.1, 0.15) is 37.4 Å². The molecule has 1 aliphatic rings. The second-order valence-corrected chi connectivity index (χ2v) is 6.06. The predicted molar refractivity (Wildman–Crippen MR) is 93.6 cm³/mol. The highest BCUT2D eigenvalue weighted by Gasteiger charge is 2.24. The van der Waals surface area contributed by atoms with E-state index in [1.54, 1.807) is 0 Å². The molecule has 0 radical (unpaired) electrons. The Morgan fingerprint density at radius 3 is 2.57 bits per heavy atom. The molecule has 1 fully saturated rings. The number of carbonyl (C=O) groups excluding carboxylic acids is 2. The SMILES string of the molecule is CC(=O)NC(CC(=O)N1CCNC(C)C1)c1ccc(C)cc1.Cl. The van der Waals surface area contributed by atoms with Crippen molar-refractivity contribution in [3.63, 3.8) is 0 Å². The number of rotatable bonds is 4. The monoisotopic (exact) mass is 339 g/mol. The molecule has 0 bridgehead atoms. The minimum absolute atomic E-state index is 0. The normalized spacial score (nSPS) is 18.7. The van der Waals surface area contributed by atoms with Gasteiger partial charge < -0.3 is 15.5 Å². The molecule has 0 aliphatic carbocycles. The van der Waals surface area contributed by atoms with Gasteiger partial charge in [-0.25, -0.2) is 0 Å². The summed E-state index contributed by atoms with van der Waals surface area (Å²) in [7, 11) is 0. The van der Waals surface area contributed by atoms with Crippen molar-refractivity contribution in [2.24, 2.45) is 0 Å². The van der Waals surface area contributed by atoms with Crippen LogP contribution in [0.15, 0.2) is 24.3 Å². The minimum Gasteiger partial charge on any atom is -0.349 e. The van der Waals surface area contributed by atoms with Crippen molar-refractivity contribution in [1.82, 2.24) is 15.5 Å². The van der Waals surface area contributed by atoms with E-state index in [4.69, 9.17) is 0 Å². The molecule has 23 heavy (non-hydrogen) atoms. The van der Waals surface area contributed by atoms with Gasteiger partial charge in [-0.2, -0.15) is 0 Å². The lowest BCUT2D eigenvalue weighted by atomic mass is 10.0. The van der Waals surface area contributed by atoms with Gasteiger partial charge in [-0.15, -0.1) is 12.4 Å². The fourth-order valence-electron chi connectivity index (χ4n) is 2.76. The van der Waals surface area contributed by atoms with Gasteiger partial charge >= 0.3 is 0 Å². The lowest BCUT2D eigenvalue weighted by molar-refractivity contribution is -0.133. The first-order chi connectivity index (χ1) is 10.5. The summed E-state index contributed by atoms with van der Waals surface area (Å²) in [4.78, 5) is 25.9. The molecule has 2 unspecified atom stereocenters. The molecule has 5 nitrogen and oxygen atoms in total. The second-order valence-electron chi connectivity index (χ2n) is 6.06. The zero-order valence-electron chi connectivity index (χ0n) is 14.0. The number of aryl methyl sites for hydroxylation is 1. The van der Waals surface area contributed by atoms with Crippen molar-refractivity contribution in [2.45, 2.75) is 39.3 Å². The Balaban J connectivity index is 0.00000264. The maximum absolute atomic E-state index is 12.5. The summed E-state index contributed by atoms with van der Waals surface area (Å²) in [5.41, 5.74) is 2.13. The molecule has 2 atom stereocenters. The van der Waals surface area contributed by atoms with Crippen LogP contribution in [0.3, 0.4) is 0 Å². The van der Waals surface area contributed by atoms with E-state index in [1.165, 1.54) is 6.92 Å². The second kappa shape index (κ2) is 8.89. The fourth-order valence-corrected chi connectivity index (χ4v) is 2.76. The Morgan fingerprint density at radius 2 is 2.00 bits per heavy atom. The molecule has 2 N–H and O–H groups in total. The average Bonchev–Trinajstić information content (AvgIpc) is 2.47. The number of hydrogen-bond acceptors (Lipinski definition) is 3. The van der Waals surface area contributed by atoms with Crippen LogP contribution in [0.25, 0.3) is 0 Å². The Hall–Kier alpha value is -1.59. The van der Waals surface area contributed by atoms with Gasteiger partial charge in [0, 0.05) is 32.6 Å². The number of halogens is 1. The van der Waals surface area contributed by atoms with Crippen molar-refractivity contribution >= 4 is 24.2 Å². The van der Waals surface area contributed by atoms with Crippen LogP contribution < -0.4 is 10.6 Å². The number of carbonyl (C=O) groups is 2. The number of nitrogens with zero attached hydrogens (tertiary/aromatic N) is 1. The van der Waals surface area contributed by atoms with E-state index in [0.29, 0.717) is 12.5 Å². The fraction of sp³-hybridized carbons (Fsp3) is 0.529. The van der Waals surface area contributed by atoms with Crippen LogP contribution in [-0.4, -0.2) is 42.4 Å². The molecule has 1 saturated heterocycles. The van der Waals surface area contributed by atoms with E-state index < -0.39 is 0 Å². The standard InChI is InChI=1S/C17H25N3O2.ClH/c1-12-4-6-15(7-5-12)16(19-14(3)21)10-17(22)20-9-8-18-13(2)11-20;/h4-7,13,16,18H,8-11H2,1-3H3,(H,19,21);1H. The molecule has 1 heterocycles. The first-order valence-electron chi connectivity index (χ1n) is 7.80. The highest BCUT2D eigenvalue weighted by atomic mass is 35.5. The van der Waals surface area contributed by atoms with E-state index >= 15 is 0 Å². The average molecular weight is 340 g/mol. The summed E-state index contributed by atoms with van der Waals surface area (Å²) in [5.74, 6) is -0.0280. The Labute approximate surface area is 144 Å². The molecule has 0 aromatic heterocycles. The summed E-state index contributed by atoms with van der Waals surface area (Å²) in [6.45, 7) is 7.85. The van der Waals surface area contributed by atoms with Gasteiger partial charge in [0.15, 0.2) is 0 Å². The van der Waals surface area contributed by atoms with Gasteiger partial charge in [0.1, 0.15) is 0 Å². The van der Waals surface area contributed by atoms with E-state index in [-0.39, 0.29) is 30.3 Å². The van der Waals surface area contributed by atoms with Crippen LogP contribution in [0.2, 0.25) is 0 Å². The number of nitrogens with one attached hydrogen (secondary N) is 2. The Kier molecular flexibility index (Phi) is 7.52. The molecule has 128 valence electrons. The first-order valence-corrected chi connectivity index (χ1v) is 7.80. The topological polar surface area (TPSA) is 61.4 Å². The van der Waals surface area contributed by atoms with Crippen LogP contribution in [0, 0.1) is 6.92 Å². The quantitative estimate of drug-likeness (QED) is 0.879. The van der Waals surface area contributed by atoms with Gasteiger partial charge in [-0.3, -0.25) is 9.59 Å². The smallest absolute Gasteiger partial charge is 0.225 e. The molecule has 2 amide bonds. The van der Waals surface area contributed by atoms with Crippen LogP contribution in [-0.2, 0) is 9.59 Å². The summed E-state index contributed by atoms with van der Waals surface area (Å²) >= 11 is 0. The highest BCUT2D eigenvalue weighted by molar-refractivity contribution is 5.85. The number of benzene rings is 1. The van der Waals surface area contributed by atoms with Crippen LogP contribution >= 0.6 is 12.4 Å². The van der Waals surface area contributed by atoms with E-state index in [2.05, 4.69) is 17.6 Å². The zero-order valence-corrected chi connectivity index (χ0v) is 14.8. The van der Waals surface area contributed by atoms with Crippen molar-refractivity contribution in [3.05, 3.63) is 35.4 Å². The molecule has 1 aromatic rings. The Bertz CT molecular complexity index is 533.